The summed E-state index contributed by atoms with van der Waals surface area (Å²) in [6.07, 6.45) is 3.91. The average Bonchev–Trinajstić information content (AvgIpc) is 3.11. The van der Waals surface area contributed by atoms with Crippen LogP contribution in [0.15, 0.2) is 48.5 Å². The third-order valence-corrected chi connectivity index (χ3v) is 5.64. The molecule has 0 bridgehead atoms. The summed E-state index contributed by atoms with van der Waals surface area (Å²) in [5.74, 6) is 1.29. The van der Waals surface area contributed by atoms with E-state index in [9.17, 15) is 4.79 Å². The number of carbonyl (C=O) groups is 1. The molecule has 1 saturated heterocycles. The standard InChI is InChI=1S/C23H27N3O/c1-17-7-9-20-21(15-17)25-23(24-20)22(27)10-8-18-11-13-26(14-12-18)16-19-5-3-2-4-6-19/h2-7,9,15,18H,8,10-14,16H2,1H3,(H,24,25). The van der Waals surface area contributed by atoms with Gasteiger partial charge in [0.2, 0.25) is 0 Å². The molecule has 1 aliphatic heterocycles. The van der Waals surface area contributed by atoms with Gasteiger partial charge in [-0.2, -0.15) is 0 Å². The van der Waals surface area contributed by atoms with Gasteiger partial charge in [-0.1, -0.05) is 36.4 Å². The number of fused-ring (bicyclic) bond motifs is 1. The largest absolute Gasteiger partial charge is 0.335 e. The van der Waals surface area contributed by atoms with Crippen LogP contribution in [0, 0.1) is 12.8 Å². The molecule has 140 valence electrons. The molecule has 0 saturated carbocycles. The second-order valence-corrected chi connectivity index (χ2v) is 7.77. The van der Waals surface area contributed by atoms with Gasteiger partial charge in [0.25, 0.3) is 0 Å². The van der Waals surface area contributed by atoms with E-state index in [1.165, 1.54) is 24.0 Å². The van der Waals surface area contributed by atoms with Crippen LogP contribution in [-0.2, 0) is 6.54 Å². The molecule has 3 aromatic rings. The lowest BCUT2D eigenvalue weighted by Crippen LogP contribution is -2.33. The van der Waals surface area contributed by atoms with Gasteiger partial charge in [-0.15, -0.1) is 0 Å². The van der Waals surface area contributed by atoms with Crippen molar-refractivity contribution in [1.82, 2.24) is 14.9 Å². The molecule has 1 N–H and O–H groups in total. The normalized spacial score (nSPS) is 16.0. The van der Waals surface area contributed by atoms with Crippen molar-refractivity contribution in [1.29, 1.82) is 0 Å². The van der Waals surface area contributed by atoms with Crippen LogP contribution in [0.25, 0.3) is 11.0 Å². The summed E-state index contributed by atoms with van der Waals surface area (Å²) in [6, 6.07) is 16.7. The van der Waals surface area contributed by atoms with E-state index < -0.39 is 0 Å². The van der Waals surface area contributed by atoms with E-state index in [0.29, 0.717) is 18.2 Å². The zero-order chi connectivity index (χ0) is 18.6. The molecule has 1 aliphatic rings. The molecule has 0 spiro atoms. The van der Waals surface area contributed by atoms with Crippen LogP contribution in [0.4, 0.5) is 0 Å². The fourth-order valence-corrected chi connectivity index (χ4v) is 3.98. The Balaban J connectivity index is 1.26. The lowest BCUT2D eigenvalue weighted by Gasteiger charge is -2.31. The van der Waals surface area contributed by atoms with E-state index in [1.807, 2.05) is 25.1 Å². The van der Waals surface area contributed by atoms with Crippen LogP contribution in [0.1, 0.15) is 47.4 Å². The number of piperidine rings is 1. The number of H-pyrrole nitrogens is 1. The highest BCUT2D eigenvalue weighted by molar-refractivity contribution is 5.95. The number of imidazole rings is 1. The Bertz CT molecular complexity index is 908. The number of aromatic amines is 1. The van der Waals surface area contributed by atoms with Gasteiger partial charge in [-0.25, -0.2) is 4.98 Å². The van der Waals surface area contributed by atoms with Crippen LogP contribution < -0.4 is 0 Å². The van der Waals surface area contributed by atoms with Crippen molar-refractivity contribution in [2.24, 2.45) is 5.92 Å². The van der Waals surface area contributed by atoms with Crippen LogP contribution in [0.3, 0.4) is 0 Å². The Labute approximate surface area is 160 Å². The maximum absolute atomic E-state index is 12.5. The molecule has 2 aromatic carbocycles. The molecule has 0 amide bonds. The number of hydrogen-bond acceptors (Lipinski definition) is 3. The molecule has 0 radical (unpaired) electrons. The minimum Gasteiger partial charge on any atom is -0.335 e. The first kappa shape index (κ1) is 17.9. The maximum Gasteiger partial charge on any atom is 0.198 e. The molecule has 4 nitrogen and oxygen atoms in total. The second kappa shape index (κ2) is 8.05. The highest BCUT2D eigenvalue weighted by Crippen LogP contribution is 2.24. The minimum absolute atomic E-state index is 0.135. The predicted octanol–water partition coefficient (Wildman–Crippen LogP) is 4.75. The van der Waals surface area contributed by atoms with Gasteiger partial charge in [-0.3, -0.25) is 9.69 Å². The molecule has 27 heavy (non-hydrogen) atoms. The molecule has 0 atom stereocenters. The van der Waals surface area contributed by atoms with Crippen molar-refractivity contribution in [3.63, 3.8) is 0 Å². The zero-order valence-electron chi connectivity index (χ0n) is 15.9. The van der Waals surface area contributed by atoms with Gasteiger partial charge >= 0.3 is 0 Å². The minimum atomic E-state index is 0.135. The summed E-state index contributed by atoms with van der Waals surface area (Å²) < 4.78 is 0. The number of aromatic nitrogens is 2. The zero-order valence-corrected chi connectivity index (χ0v) is 15.9. The number of ketones is 1. The smallest absolute Gasteiger partial charge is 0.198 e. The van der Waals surface area contributed by atoms with Crippen molar-refractivity contribution in [2.75, 3.05) is 13.1 Å². The van der Waals surface area contributed by atoms with Crippen LogP contribution in [-0.4, -0.2) is 33.7 Å². The summed E-state index contributed by atoms with van der Waals surface area (Å²) in [5, 5.41) is 0. The molecule has 2 heterocycles. The van der Waals surface area contributed by atoms with Gasteiger partial charge in [0, 0.05) is 13.0 Å². The van der Waals surface area contributed by atoms with E-state index in [2.05, 4.69) is 45.2 Å². The van der Waals surface area contributed by atoms with Crippen molar-refractivity contribution in [2.45, 2.75) is 39.2 Å². The summed E-state index contributed by atoms with van der Waals surface area (Å²) in [5.41, 5.74) is 4.38. The Hall–Kier alpha value is -2.46. The van der Waals surface area contributed by atoms with Gasteiger partial charge in [0.15, 0.2) is 11.6 Å². The molecular formula is C23H27N3O. The number of rotatable bonds is 6. The fraction of sp³-hybridized carbons (Fsp3) is 0.391. The molecule has 4 rings (SSSR count). The number of likely N-dealkylation sites (tertiary alicyclic amines) is 1. The summed E-state index contributed by atoms with van der Waals surface area (Å²) >= 11 is 0. The molecule has 4 heteroatoms. The van der Waals surface area contributed by atoms with Gasteiger partial charge in [0.05, 0.1) is 11.0 Å². The number of aryl methyl sites for hydroxylation is 1. The van der Waals surface area contributed by atoms with Crippen LogP contribution >= 0.6 is 0 Å². The Kier molecular flexibility index (Phi) is 5.35. The van der Waals surface area contributed by atoms with Crippen molar-refractivity contribution in [3.8, 4) is 0 Å². The SMILES string of the molecule is Cc1ccc2nc(C(=O)CCC3CCN(Cc4ccccc4)CC3)[nH]c2c1. The summed E-state index contributed by atoms with van der Waals surface area (Å²) in [7, 11) is 0. The molecular weight excluding hydrogens is 334 g/mol. The fourth-order valence-electron chi connectivity index (χ4n) is 3.98. The van der Waals surface area contributed by atoms with E-state index in [-0.39, 0.29) is 5.78 Å². The summed E-state index contributed by atoms with van der Waals surface area (Å²) in [4.78, 5) is 22.7. The first-order valence-electron chi connectivity index (χ1n) is 9.93. The highest BCUT2D eigenvalue weighted by Gasteiger charge is 2.21. The molecule has 0 unspecified atom stereocenters. The van der Waals surface area contributed by atoms with Crippen molar-refractivity contribution >= 4 is 16.8 Å². The number of hydrogen-bond donors (Lipinski definition) is 1. The molecule has 1 aromatic heterocycles. The van der Waals surface area contributed by atoms with E-state index in [0.717, 1.165) is 37.1 Å². The Morgan fingerprint density at radius 2 is 1.93 bits per heavy atom. The van der Waals surface area contributed by atoms with E-state index >= 15 is 0 Å². The Morgan fingerprint density at radius 3 is 2.70 bits per heavy atom. The van der Waals surface area contributed by atoms with Crippen LogP contribution in [0.5, 0.6) is 0 Å². The third-order valence-electron chi connectivity index (χ3n) is 5.64. The van der Waals surface area contributed by atoms with Gasteiger partial charge < -0.3 is 4.98 Å². The number of benzene rings is 2. The molecule has 0 aliphatic carbocycles. The van der Waals surface area contributed by atoms with Gasteiger partial charge in [0.1, 0.15) is 0 Å². The number of Topliss-reactive ketones (excluding diaryl/α,β-unsaturated/α-hetero) is 1. The second-order valence-electron chi connectivity index (χ2n) is 7.77. The average molecular weight is 361 g/mol. The lowest BCUT2D eigenvalue weighted by atomic mass is 9.91. The van der Waals surface area contributed by atoms with Crippen LogP contribution in [0.2, 0.25) is 0 Å². The Morgan fingerprint density at radius 1 is 1.15 bits per heavy atom. The number of nitrogens with one attached hydrogen (secondary N) is 1. The quantitative estimate of drug-likeness (QED) is 0.645. The summed E-state index contributed by atoms with van der Waals surface area (Å²) in [6.45, 7) is 5.33. The van der Waals surface area contributed by atoms with Gasteiger partial charge in [-0.05, 0) is 68.5 Å². The maximum atomic E-state index is 12.5. The van der Waals surface area contributed by atoms with E-state index in [4.69, 9.17) is 0 Å². The van der Waals surface area contributed by atoms with Crippen molar-refractivity contribution in [3.05, 3.63) is 65.5 Å². The highest BCUT2D eigenvalue weighted by atomic mass is 16.1. The first-order chi connectivity index (χ1) is 13.2. The molecule has 1 fully saturated rings. The first-order valence-corrected chi connectivity index (χ1v) is 9.93. The van der Waals surface area contributed by atoms with E-state index in [1.54, 1.807) is 0 Å². The topological polar surface area (TPSA) is 49.0 Å². The lowest BCUT2D eigenvalue weighted by molar-refractivity contribution is 0.0952. The monoisotopic (exact) mass is 361 g/mol. The number of nitrogens with zero attached hydrogens (tertiary/aromatic N) is 2. The number of carbonyl (C=O) groups excluding carboxylic acids is 1. The predicted molar refractivity (Wildman–Crippen MR) is 109 cm³/mol. The third kappa shape index (κ3) is 4.45. The van der Waals surface area contributed by atoms with Crippen molar-refractivity contribution < 1.29 is 4.79 Å².